The lowest BCUT2D eigenvalue weighted by molar-refractivity contribution is -0.147. The molecule has 1 amide bonds. The molecule has 1 N–H and O–H groups in total. The van der Waals surface area contributed by atoms with E-state index >= 15 is 0 Å². The van der Waals surface area contributed by atoms with Crippen molar-refractivity contribution in [2.45, 2.75) is 18.6 Å². The molecule has 25 heavy (non-hydrogen) atoms. The van der Waals surface area contributed by atoms with Gasteiger partial charge in [0.25, 0.3) is 0 Å². The fraction of sp³-hybridized carbons (Fsp3) is 0.474. The van der Waals surface area contributed by atoms with Crippen molar-refractivity contribution >= 4 is 16.8 Å². The first kappa shape index (κ1) is 17.8. The molecule has 0 unspecified atom stereocenters. The fourth-order valence-electron chi connectivity index (χ4n) is 3.34. The van der Waals surface area contributed by atoms with Crippen LogP contribution in [0.15, 0.2) is 36.5 Å². The molecule has 3 rings (SSSR count). The van der Waals surface area contributed by atoms with Crippen LogP contribution in [0.2, 0.25) is 0 Å². The Balaban J connectivity index is 1.61. The number of ether oxygens (including phenoxy) is 3. The maximum atomic E-state index is 12.4. The van der Waals surface area contributed by atoms with Crippen molar-refractivity contribution in [3.8, 4) is 0 Å². The third-order valence-corrected chi connectivity index (χ3v) is 4.65. The molecule has 134 valence electrons. The Labute approximate surface area is 147 Å². The molecule has 2 heterocycles. The number of amides is 1. The zero-order valence-corrected chi connectivity index (χ0v) is 14.6. The Morgan fingerprint density at radius 1 is 1.24 bits per heavy atom. The van der Waals surface area contributed by atoms with Gasteiger partial charge in [0.2, 0.25) is 5.91 Å². The normalized spacial score (nSPS) is 23.5. The van der Waals surface area contributed by atoms with Crippen LogP contribution in [0.25, 0.3) is 10.9 Å². The number of para-hydroxylation sites is 1. The summed E-state index contributed by atoms with van der Waals surface area (Å²) in [4.78, 5) is 16.8. The van der Waals surface area contributed by atoms with Gasteiger partial charge in [0, 0.05) is 38.3 Å². The topological polar surface area (TPSA) is 69.7 Å². The van der Waals surface area contributed by atoms with Crippen LogP contribution in [-0.2, 0) is 25.4 Å². The highest BCUT2D eigenvalue weighted by atomic mass is 16.6. The molecule has 6 heteroatoms. The van der Waals surface area contributed by atoms with Gasteiger partial charge < -0.3 is 19.5 Å². The molecule has 1 aromatic carbocycles. The summed E-state index contributed by atoms with van der Waals surface area (Å²) in [6.07, 6.45) is 1.85. The second-order valence-corrected chi connectivity index (χ2v) is 6.25. The largest absolute Gasteiger partial charge is 0.378 e. The Morgan fingerprint density at radius 2 is 2.08 bits per heavy atom. The van der Waals surface area contributed by atoms with E-state index in [1.807, 2.05) is 30.3 Å². The minimum Gasteiger partial charge on any atom is -0.378 e. The SMILES string of the molecule is CO[C@H]1[C@H](CNC(=O)Cc2cccc3cccnc23)COC[C@H]1OC. The lowest BCUT2D eigenvalue weighted by atomic mass is 9.96. The highest BCUT2D eigenvalue weighted by Gasteiger charge is 2.34. The molecule has 1 aliphatic rings. The second kappa shape index (κ2) is 8.38. The van der Waals surface area contributed by atoms with Crippen LogP contribution in [0, 0.1) is 5.92 Å². The van der Waals surface area contributed by atoms with Gasteiger partial charge in [-0.25, -0.2) is 0 Å². The van der Waals surface area contributed by atoms with Gasteiger partial charge in [-0.05, 0) is 11.6 Å². The molecule has 3 atom stereocenters. The third-order valence-electron chi connectivity index (χ3n) is 4.65. The number of nitrogens with zero attached hydrogens (tertiary/aromatic N) is 1. The number of hydrogen-bond donors (Lipinski definition) is 1. The number of hydrogen-bond acceptors (Lipinski definition) is 5. The van der Waals surface area contributed by atoms with Gasteiger partial charge in [-0.2, -0.15) is 0 Å². The van der Waals surface area contributed by atoms with Crippen molar-refractivity contribution in [3.05, 3.63) is 42.1 Å². The Morgan fingerprint density at radius 3 is 2.88 bits per heavy atom. The predicted octanol–water partition coefficient (Wildman–Crippen LogP) is 1.57. The minimum atomic E-state index is -0.108. The average Bonchev–Trinajstić information content (AvgIpc) is 2.66. The van der Waals surface area contributed by atoms with Crippen LogP contribution in [0.1, 0.15) is 5.56 Å². The van der Waals surface area contributed by atoms with Gasteiger partial charge in [0.15, 0.2) is 0 Å². The number of benzene rings is 1. The zero-order chi connectivity index (χ0) is 17.6. The number of methoxy groups -OCH3 is 2. The molecule has 0 bridgehead atoms. The van der Waals surface area contributed by atoms with Crippen molar-refractivity contribution in [3.63, 3.8) is 0 Å². The summed E-state index contributed by atoms with van der Waals surface area (Å²) in [6, 6.07) is 9.78. The van der Waals surface area contributed by atoms with Gasteiger partial charge in [-0.3, -0.25) is 9.78 Å². The highest BCUT2D eigenvalue weighted by molar-refractivity contribution is 5.87. The number of fused-ring (bicyclic) bond motifs is 1. The molecule has 0 aliphatic carbocycles. The fourth-order valence-corrected chi connectivity index (χ4v) is 3.34. The molecule has 1 aromatic heterocycles. The summed E-state index contributed by atoms with van der Waals surface area (Å²) >= 11 is 0. The maximum Gasteiger partial charge on any atom is 0.224 e. The number of nitrogens with one attached hydrogen (secondary N) is 1. The van der Waals surface area contributed by atoms with Crippen molar-refractivity contribution in [1.82, 2.24) is 10.3 Å². The van der Waals surface area contributed by atoms with Crippen LogP contribution in [-0.4, -0.2) is 57.1 Å². The number of aromatic nitrogens is 1. The summed E-state index contributed by atoms with van der Waals surface area (Å²) in [7, 11) is 3.31. The lowest BCUT2D eigenvalue weighted by Crippen LogP contribution is -2.50. The standard InChI is InChI=1S/C19H24N2O4/c1-23-16-12-25-11-15(19(16)24-2)10-21-17(22)9-14-6-3-5-13-7-4-8-20-18(13)14/h3-8,15-16,19H,9-12H2,1-2H3,(H,21,22)/t15-,16-,19+/m1/s1. The minimum absolute atomic E-state index is 0.0347. The molecule has 6 nitrogen and oxygen atoms in total. The van der Waals surface area contributed by atoms with Crippen LogP contribution in [0.3, 0.4) is 0 Å². The summed E-state index contributed by atoms with van der Waals surface area (Å²) in [5.41, 5.74) is 1.80. The number of pyridine rings is 1. The van der Waals surface area contributed by atoms with Crippen molar-refractivity contribution in [1.29, 1.82) is 0 Å². The zero-order valence-electron chi connectivity index (χ0n) is 14.6. The molecule has 0 spiro atoms. The summed E-state index contributed by atoms with van der Waals surface area (Å²) < 4.78 is 16.5. The third kappa shape index (κ3) is 4.15. The van der Waals surface area contributed by atoms with Gasteiger partial charge in [0.1, 0.15) is 6.10 Å². The van der Waals surface area contributed by atoms with Crippen LogP contribution >= 0.6 is 0 Å². The molecule has 1 aliphatic heterocycles. The van der Waals surface area contributed by atoms with Gasteiger partial charge in [-0.15, -0.1) is 0 Å². The summed E-state index contributed by atoms with van der Waals surface area (Å²) in [5.74, 6) is 0.0332. The van der Waals surface area contributed by atoms with E-state index in [-0.39, 0.29) is 24.0 Å². The van der Waals surface area contributed by atoms with Crippen LogP contribution in [0.4, 0.5) is 0 Å². The van der Waals surface area contributed by atoms with E-state index < -0.39 is 0 Å². The van der Waals surface area contributed by atoms with Gasteiger partial charge >= 0.3 is 0 Å². The highest BCUT2D eigenvalue weighted by Crippen LogP contribution is 2.20. The lowest BCUT2D eigenvalue weighted by Gasteiger charge is -2.36. The quantitative estimate of drug-likeness (QED) is 0.861. The Hall–Kier alpha value is -2.02. The second-order valence-electron chi connectivity index (χ2n) is 6.25. The molecule has 1 fully saturated rings. The molecular formula is C19H24N2O4. The predicted molar refractivity (Wildman–Crippen MR) is 94.4 cm³/mol. The molecule has 1 saturated heterocycles. The first-order valence-electron chi connectivity index (χ1n) is 8.45. The van der Waals surface area contributed by atoms with Crippen LogP contribution < -0.4 is 5.32 Å². The maximum absolute atomic E-state index is 12.4. The van der Waals surface area contributed by atoms with E-state index in [2.05, 4.69) is 10.3 Å². The Bertz CT molecular complexity index is 716. The molecule has 2 aromatic rings. The average molecular weight is 344 g/mol. The summed E-state index contributed by atoms with van der Waals surface area (Å²) in [5, 5.41) is 4.03. The monoisotopic (exact) mass is 344 g/mol. The van der Waals surface area contributed by atoms with Gasteiger partial charge in [-0.1, -0.05) is 24.3 Å². The Kier molecular flexibility index (Phi) is 5.96. The molecule has 0 saturated carbocycles. The van der Waals surface area contributed by atoms with E-state index in [0.717, 1.165) is 16.5 Å². The van der Waals surface area contributed by atoms with Gasteiger partial charge in [0.05, 0.1) is 31.3 Å². The first-order chi connectivity index (χ1) is 12.2. The van der Waals surface area contributed by atoms with E-state index in [0.29, 0.717) is 26.2 Å². The van der Waals surface area contributed by atoms with Crippen molar-refractivity contribution in [2.24, 2.45) is 5.92 Å². The van der Waals surface area contributed by atoms with Crippen molar-refractivity contribution < 1.29 is 19.0 Å². The van der Waals surface area contributed by atoms with E-state index in [4.69, 9.17) is 14.2 Å². The van der Waals surface area contributed by atoms with E-state index in [9.17, 15) is 4.79 Å². The number of rotatable bonds is 6. The van der Waals surface area contributed by atoms with E-state index in [1.54, 1.807) is 20.4 Å². The number of carbonyl (C=O) groups is 1. The summed E-state index contributed by atoms with van der Waals surface area (Å²) in [6.45, 7) is 1.56. The smallest absolute Gasteiger partial charge is 0.224 e. The molecule has 0 radical (unpaired) electrons. The van der Waals surface area contributed by atoms with Crippen molar-refractivity contribution in [2.75, 3.05) is 34.0 Å². The number of carbonyl (C=O) groups excluding carboxylic acids is 1. The first-order valence-corrected chi connectivity index (χ1v) is 8.45. The molecular weight excluding hydrogens is 320 g/mol. The van der Waals surface area contributed by atoms with E-state index in [1.165, 1.54) is 0 Å². The van der Waals surface area contributed by atoms with Crippen LogP contribution in [0.5, 0.6) is 0 Å².